The van der Waals surface area contributed by atoms with Crippen molar-refractivity contribution < 1.29 is 29.0 Å². The lowest BCUT2D eigenvalue weighted by Gasteiger charge is -2.38. The van der Waals surface area contributed by atoms with Crippen molar-refractivity contribution in [3.05, 3.63) is 48.6 Å². The number of fused-ring (bicyclic) bond motifs is 2. The van der Waals surface area contributed by atoms with Crippen LogP contribution in [0, 0.1) is 11.8 Å². The van der Waals surface area contributed by atoms with Gasteiger partial charge in [0.15, 0.2) is 0 Å². The van der Waals surface area contributed by atoms with Crippen molar-refractivity contribution in [1.82, 2.24) is 9.80 Å². The zero-order valence-electron chi connectivity index (χ0n) is 25.9. The summed E-state index contributed by atoms with van der Waals surface area (Å²) in [5.74, 6) is -1.36. The van der Waals surface area contributed by atoms with Crippen molar-refractivity contribution in [3.8, 4) is 5.75 Å². The molecule has 4 aliphatic rings. The number of anilines is 1. The van der Waals surface area contributed by atoms with Crippen LogP contribution in [0.4, 0.5) is 5.69 Å². The van der Waals surface area contributed by atoms with E-state index >= 15 is 0 Å². The van der Waals surface area contributed by atoms with E-state index in [-0.39, 0.29) is 24.3 Å². The lowest BCUT2D eigenvalue weighted by molar-refractivity contribution is -0.152. The number of rotatable bonds is 13. The van der Waals surface area contributed by atoms with Gasteiger partial charge < -0.3 is 29.3 Å². The Morgan fingerprint density at radius 2 is 1.60 bits per heavy atom. The Labute approximate surface area is 255 Å². The SMILES string of the molecule is CCCCCN1CC=C[C@]23O[C@]4(CC)C=CCN(c5ccc(OCC)cc5)C(=O)[C@@H]4[C@H]2C(=O)N(CCCCCO)C3C1=O. The quantitative estimate of drug-likeness (QED) is 0.273. The number of aliphatic hydroxyl groups is 1. The number of hydrogen-bond donors (Lipinski definition) is 1. The van der Waals surface area contributed by atoms with E-state index in [9.17, 15) is 19.5 Å². The standard InChI is InChI=1S/C34H47N3O6/c1-4-7-9-20-35-21-13-19-34-28(31(40)37(29(34)32(35)41)22-10-8-11-24-38)27-30(39)36(23-12-18-33(27,5-2)43-34)25-14-16-26(17-15-25)42-6-3/h12-19,27-29,38H,4-11,20-24H2,1-3H3/t27-,28-,29?,33+,34-/m0/s1. The Balaban J connectivity index is 1.55. The van der Waals surface area contributed by atoms with Gasteiger partial charge in [-0.25, -0.2) is 0 Å². The number of aliphatic hydroxyl groups excluding tert-OH is 1. The van der Waals surface area contributed by atoms with Gasteiger partial charge in [0.25, 0.3) is 0 Å². The summed E-state index contributed by atoms with van der Waals surface area (Å²) in [4.78, 5) is 48.8. The molecule has 4 heterocycles. The van der Waals surface area contributed by atoms with Gasteiger partial charge >= 0.3 is 0 Å². The average molecular weight is 594 g/mol. The number of hydrogen-bond acceptors (Lipinski definition) is 6. The van der Waals surface area contributed by atoms with Crippen molar-refractivity contribution >= 4 is 23.4 Å². The molecule has 9 nitrogen and oxygen atoms in total. The van der Waals surface area contributed by atoms with E-state index in [1.54, 1.807) is 9.80 Å². The van der Waals surface area contributed by atoms with Gasteiger partial charge in [-0.2, -0.15) is 0 Å². The maximum absolute atomic E-state index is 14.6. The fourth-order valence-electron chi connectivity index (χ4n) is 7.49. The maximum Gasteiger partial charge on any atom is 0.249 e. The highest BCUT2D eigenvalue weighted by molar-refractivity contribution is 6.04. The molecule has 0 aliphatic carbocycles. The van der Waals surface area contributed by atoms with Crippen molar-refractivity contribution in [1.29, 1.82) is 0 Å². The summed E-state index contributed by atoms with van der Waals surface area (Å²) in [6.45, 7) is 8.50. The summed E-state index contributed by atoms with van der Waals surface area (Å²) in [5, 5.41) is 9.32. The second kappa shape index (κ2) is 13.2. The first-order valence-corrected chi connectivity index (χ1v) is 16.2. The van der Waals surface area contributed by atoms with Crippen LogP contribution in [0.2, 0.25) is 0 Å². The largest absolute Gasteiger partial charge is 0.494 e. The van der Waals surface area contributed by atoms with E-state index in [0.29, 0.717) is 52.0 Å². The minimum atomic E-state index is -1.24. The average Bonchev–Trinajstić information content (AvgIpc) is 3.30. The molecular formula is C34H47N3O6. The van der Waals surface area contributed by atoms with Gasteiger partial charge in [0.05, 0.1) is 24.0 Å². The van der Waals surface area contributed by atoms with Crippen LogP contribution in [-0.4, -0.2) is 89.3 Å². The van der Waals surface area contributed by atoms with E-state index in [4.69, 9.17) is 9.47 Å². The molecule has 5 rings (SSSR count). The summed E-state index contributed by atoms with van der Waals surface area (Å²) < 4.78 is 12.7. The van der Waals surface area contributed by atoms with Crippen LogP contribution in [-0.2, 0) is 19.1 Å². The lowest BCUT2D eigenvalue weighted by Crippen LogP contribution is -2.56. The van der Waals surface area contributed by atoms with E-state index in [0.717, 1.165) is 37.1 Å². The van der Waals surface area contributed by atoms with Gasteiger partial charge in [0.1, 0.15) is 17.4 Å². The highest BCUT2D eigenvalue weighted by Gasteiger charge is 2.75. The Kier molecular flexibility index (Phi) is 9.61. The third-order valence-electron chi connectivity index (χ3n) is 9.57. The second-order valence-electron chi connectivity index (χ2n) is 12.1. The predicted octanol–water partition coefficient (Wildman–Crippen LogP) is 4.10. The van der Waals surface area contributed by atoms with E-state index in [2.05, 4.69) is 6.92 Å². The number of likely N-dealkylation sites (tertiary alicyclic amines) is 1. The highest BCUT2D eigenvalue weighted by Crippen LogP contribution is 2.58. The zero-order valence-corrected chi connectivity index (χ0v) is 25.9. The number of carbonyl (C=O) groups is 3. The molecule has 3 amide bonds. The molecule has 5 atom stereocenters. The Bertz CT molecular complexity index is 1230. The molecule has 43 heavy (non-hydrogen) atoms. The molecule has 0 aromatic heterocycles. The molecule has 1 unspecified atom stereocenters. The minimum Gasteiger partial charge on any atom is -0.494 e. The topological polar surface area (TPSA) is 99.6 Å². The predicted molar refractivity (Wildman–Crippen MR) is 165 cm³/mol. The van der Waals surface area contributed by atoms with Crippen LogP contribution in [0.15, 0.2) is 48.6 Å². The van der Waals surface area contributed by atoms with Crippen LogP contribution in [0.5, 0.6) is 5.75 Å². The second-order valence-corrected chi connectivity index (χ2v) is 12.1. The van der Waals surface area contributed by atoms with Crippen molar-refractivity contribution in [2.75, 3.05) is 44.3 Å². The van der Waals surface area contributed by atoms with Crippen LogP contribution >= 0.6 is 0 Å². The highest BCUT2D eigenvalue weighted by atomic mass is 16.5. The van der Waals surface area contributed by atoms with Gasteiger partial charge in [0, 0.05) is 38.5 Å². The number of unbranched alkanes of at least 4 members (excludes halogenated alkanes) is 4. The van der Waals surface area contributed by atoms with Gasteiger partial charge in [-0.3, -0.25) is 14.4 Å². The molecule has 1 aromatic carbocycles. The van der Waals surface area contributed by atoms with Crippen LogP contribution in [0.3, 0.4) is 0 Å². The Morgan fingerprint density at radius 1 is 0.860 bits per heavy atom. The molecule has 9 heteroatoms. The number of ether oxygens (including phenoxy) is 2. The first-order valence-electron chi connectivity index (χ1n) is 16.2. The van der Waals surface area contributed by atoms with Gasteiger partial charge in [-0.05, 0) is 63.3 Å². The fourth-order valence-corrected chi connectivity index (χ4v) is 7.49. The molecule has 1 spiro atoms. The summed E-state index contributed by atoms with van der Waals surface area (Å²) >= 11 is 0. The molecule has 2 fully saturated rings. The van der Waals surface area contributed by atoms with Gasteiger partial charge in [-0.15, -0.1) is 0 Å². The molecule has 234 valence electrons. The first-order chi connectivity index (χ1) is 20.9. The van der Waals surface area contributed by atoms with Crippen molar-refractivity contribution in [2.24, 2.45) is 11.8 Å². The molecule has 1 N–H and O–H groups in total. The number of amides is 3. The third-order valence-corrected chi connectivity index (χ3v) is 9.57. The Hall–Kier alpha value is -3.17. The maximum atomic E-state index is 14.6. The first kappa shape index (κ1) is 31.3. The summed E-state index contributed by atoms with van der Waals surface area (Å²) in [7, 11) is 0. The number of carbonyl (C=O) groups excluding carboxylic acids is 3. The molecular weight excluding hydrogens is 546 g/mol. The number of nitrogens with zero attached hydrogens (tertiary/aromatic N) is 3. The van der Waals surface area contributed by atoms with Crippen molar-refractivity contribution in [3.63, 3.8) is 0 Å². The van der Waals surface area contributed by atoms with E-state index < -0.39 is 29.1 Å². The van der Waals surface area contributed by atoms with E-state index in [1.807, 2.05) is 67.3 Å². The fraction of sp³-hybridized carbons (Fsp3) is 0.618. The molecule has 2 saturated heterocycles. The summed E-state index contributed by atoms with van der Waals surface area (Å²) in [6.07, 6.45) is 13.3. The van der Waals surface area contributed by atoms with Gasteiger partial charge in [-0.1, -0.05) is 51.0 Å². The van der Waals surface area contributed by atoms with Gasteiger partial charge in [0.2, 0.25) is 17.7 Å². The molecule has 4 aliphatic heterocycles. The lowest BCUT2D eigenvalue weighted by atomic mass is 9.73. The molecule has 0 saturated carbocycles. The van der Waals surface area contributed by atoms with Crippen LogP contribution in [0.1, 0.15) is 65.7 Å². The Morgan fingerprint density at radius 3 is 2.30 bits per heavy atom. The normalized spacial score (nSPS) is 29.9. The van der Waals surface area contributed by atoms with Crippen LogP contribution < -0.4 is 9.64 Å². The molecule has 0 radical (unpaired) electrons. The molecule has 1 aromatic rings. The number of benzene rings is 1. The monoisotopic (exact) mass is 593 g/mol. The molecule has 0 bridgehead atoms. The van der Waals surface area contributed by atoms with Crippen LogP contribution in [0.25, 0.3) is 0 Å². The third kappa shape index (κ3) is 5.50. The van der Waals surface area contributed by atoms with E-state index in [1.165, 1.54) is 0 Å². The zero-order chi connectivity index (χ0) is 30.6. The smallest absolute Gasteiger partial charge is 0.249 e. The summed E-state index contributed by atoms with van der Waals surface area (Å²) in [6, 6.07) is 6.61. The van der Waals surface area contributed by atoms with Crippen molar-refractivity contribution in [2.45, 2.75) is 83.0 Å². The summed E-state index contributed by atoms with van der Waals surface area (Å²) in [5.41, 5.74) is -1.53. The minimum absolute atomic E-state index is 0.0865.